The molecule has 1 unspecified atom stereocenters. The number of nitrogens with one attached hydrogen (secondary N) is 1. The van der Waals surface area contributed by atoms with Crippen molar-refractivity contribution in [1.29, 1.82) is 0 Å². The van der Waals surface area contributed by atoms with Crippen LogP contribution in [0.1, 0.15) is 28.8 Å². The molecule has 1 atom stereocenters. The van der Waals surface area contributed by atoms with E-state index >= 15 is 0 Å². The standard InChI is InChI=1S/C16H23N5O4.ClH/c17-5-6-19-16(23)13-2-1-7-20(10-13)9-12-4-3-11(15(18)22)8-14(12)21(24)25;/h3-4,8,13H,1-2,5-7,9-10,17H2,(H2,18,22)(H,19,23);1H. The van der Waals surface area contributed by atoms with E-state index < -0.39 is 10.8 Å². The summed E-state index contributed by atoms with van der Waals surface area (Å²) in [5, 5.41) is 14.1. The minimum atomic E-state index is -0.704. The van der Waals surface area contributed by atoms with Crippen molar-refractivity contribution in [3.63, 3.8) is 0 Å². The molecule has 1 aliphatic rings. The number of halogens is 1. The highest BCUT2D eigenvalue weighted by atomic mass is 35.5. The molecule has 0 aromatic heterocycles. The van der Waals surface area contributed by atoms with Gasteiger partial charge in [0, 0.05) is 43.4 Å². The largest absolute Gasteiger partial charge is 0.366 e. The summed E-state index contributed by atoms with van der Waals surface area (Å²) in [6.07, 6.45) is 1.63. The summed E-state index contributed by atoms with van der Waals surface area (Å²) in [5.41, 5.74) is 11.0. The van der Waals surface area contributed by atoms with E-state index in [1.54, 1.807) is 6.07 Å². The molecule has 0 radical (unpaired) electrons. The highest BCUT2D eigenvalue weighted by Crippen LogP contribution is 2.25. The van der Waals surface area contributed by atoms with Crippen molar-refractivity contribution in [3.05, 3.63) is 39.4 Å². The van der Waals surface area contributed by atoms with Gasteiger partial charge in [-0.2, -0.15) is 0 Å². The SMILES string of the molecule is Cl.NCCNC(=O)C1CCCN(Cc2ccc(C(N)=O)cc2[N+](=O)[O-])C1. The van der Waals surface area contributed by atoms with Crippen LogP contribution in [0.4, 0.5) is 5.69 Å². The van der Waals surface area contributed by atoms with Crippen LogP contribution in [0.2, 0.25) is 0 Å². The second-order valence-electron chi connectivity index (χ2n) is 6.12. The Bertz CT molecular complexity index is 670. The van der Waals surface area contributed by atoms with Gasteiger partial charge in [-0.3, -0.25) is 24.6 Å². The van der Waals surface area contributed by atoms with Crippen molar-refractivity contribution in [2.75, 3.05) is 26.2 Å². The quantitative estimate of drug-likeness (QED) is 0.457. The normalized spacial score (nSPS) is 17.2. The summed E-state index contributed by atoms with van der Waals surface area (Å²) in [4.78, 5) is 36.1. The van der Waals surface area contributed by atoms with Gasteiger partial charge in [-0.15, -0.1) is 12.4 Å². The Hall–Kier alpha value is -2.23. The highest BCUT2D eigenvalue weighted by molar-refractivity contribution is 5.93. The Morgan fingerprint density at radius 3 is 2.73 bits per heavy atom. The number of hydrogen-bond acceptors (Lipinski definition) is 6. The van der Waals surface area contributed by atoms with Gasteiger partial charge in [0.15, 0.2) is 0 Å². The van der Waals surface area contributed by atoms with E-state index in [1.807, 2.05) is 4.90 Å². The Morgan fingerprint density at radius 2 is 2.12 bits per heavy atom. The van der Waals surface area contributed by atoms with E-state index in [4.69, 9.17) is 11.5 Å². The smallest absolute Gasteiger partial charge is 0.274 e. The molecule has 2 rings (SSSR count). The third-order valence-electron chi connectivity index (χ3n) is 4.28. The third kappa shape index (κ3) is 5.65. The van der Waals surface area contributed by atoms with Gasteiger partial charge in [-0.05, 0) is 25.5 Å². The number of nitro groups is 1. The van der Waals surface area contributed by atoms with Gasteiger partial charge in [0.25, 0.3) is 5.69 Å². The summed E-state index contributed by atoms with van der Waals surface area (Å²) >= 11 is 0. The van der Waals surface area contributed by atoms with Crippen molar-refractivity contribution >= 4 is 29.9 Å². The van der Waals surface area contributed by atoms with Gasteiger partial charge in [-0.1, -0.05) is 6.07 Å². The average molecular weight is 386 g/mol. The Labute approximate surface area is 157 Å². The number of benzene rings is 1. The molecule has 1 aliphatic heterocycles. The van der Waals surface area contributed by atoms with E-state index in [0.717, 1.165) is 19.4 Å². The number of rotatable bonds is 7. The van der Waals surface area contributed by atoms with E-state index in [2.05, 4.69) is 5.32 Å². The van der Waals surface area contributed by atoms with Gasteiger partial charge in [0.1, 0.15) is 0 Å². The molecule has 0 spiro atoms. The van der Waals surface area contributed by atoms with Gasteiger partial charge in [-0.25, -0.2) is 0 Å². The molecule has 144 valence electrons. The molecular weight excluding hydrogens is 362 g/mol. The van der Waals surface area contributed by atoms with Crippen LogP contribution in [0.15, 0.2) is 18.2 Å². The first kappa shape index (κ1) is 21.8. The molecule has 1 aromatic rings. The van der Waals surface area contributed by atoms with Crippen LogP contribution in [0, 0.1) is 16.0 Å². The summed E-state index contributed by atoms with van der Waals surface area (Å²) < 4.78 is 0. The lowest BCUT2D eigenvalue weighted by Gasteiger charge is -2.31. The monoisotopic (exact) mass is 385 g/mol. The Kier molecular flexibility index (Phi) is 8.43. The Morgan fingerprint density at radius 1 is 1.38 bits per heavy atom. The number of nitro benzene ring substituents is 1. The van der Waals surface area contributed by atoms with Gasteiger partial charge >= 0.3 is 0 Å². The summed E-state index contributed by atoms with van der Waals surface area (Å²) in [6.45, 7) is 2.46. The number of nitrogens with zero attached hydrogens (tertiary/aromatic N) is 2. The predicted molar refractivity (Wildman–Crippen MR) is 98.9 cm³/mol. The van der Waals surface area contributed by atoms with Gasteiger partial charge in [0.2, 0.25) is 11.8 Å². The van der Waals surface area contributed by atoms with Crippen LogP contribution in [0.3, 0.4) is 0 Å². The van der Waals surface area contributed by atoms with Crippen LogP contribution in [0.5, 0.6) is 0 Å². The number of carbonyl (C=O) groups is 2. The first-order valence-corrected chi connectivity index (χ1v) is 8.19. The average Bonchev–Trinajstić information content (AvgIpc) is 2.59. The number of nitrogens with two attached hydrogens (primary N) is 2. The van der Waals surface area contributed by atoms with Crippen molar-refractivity contribution in [1.82, 2.24) is 10.2 Å². The van der Waals surface area contributed by atoms with Crippen molar-refractivity contribution in [3.8, 4) is 0 Å². The van der Waals surface area contributed by atoms with Gasteiger partial charge < -0.3 is 16.8 Å². The summed E-state index contributed by atoms with van der Waals surface area (Å²) in [6, 6.07) is 4.24. The minimum absolute atomic E-state index is 0. The van der Waals surface area contributed by atoms with Gasteiger partial charge in [0.05, 0.1) is 10.8 Å². The number of carbonyl (C=O) groups excluding carboxylic acids is 2. The predicted octanol–water partition coefficient (Wildman–Crippen LogP) is 0.402. The van der Waals surface area contributed by atoms with E-state index in [-0.39, 0.29) is 35.5 Å². The number of amides is 2. The molecule has 0 aliphatic carbocycles. The highest BCUT2D eigenvalue weighted by Gasteiger charge is 2.27. The van der Waals surface area contributed by atoms with Crippen molar-refractivity contribution < 1.29 is 14.5 Å². The molecule has 26 heavy (non-hydrogen) atoms. The fourth-order valence-corrected chi connectivity index (χ4v) is 3.01. The maximum Gasteiger partial charge on any atom is 0.274 e. The summed E-state index contributed by atoms with van der Waals surface area (Å²) in [7, 11) is 0. The van der Waals surface area contributed by atoms with Crippen molar-refractivity contribution in [2.45, 2.75) is 19.4 Å². The van der Waals surface area contributed by atoms with E-state index in [1.165, 1.54) is 12.1 Å². The minimum Gasteiger partial charge on any atom is -0.366 e. The van der Waals surface area contributed by atoms with Crippen LogP contribution < -0.4 is 16.8 Å². The number of likely N-dealkylation sites (tertiary alicyclic amines) is 1. The third-order valence-corrected chi connectivity index (χ3v) is 4.28. The first-order valence-electron chi connectivity index (χ1n) is 8.19. The fourth-order valence-electron chi connectivity index (χ4n) is 3.01. The van der Waals surface area contributed by atoms with E-state index in [0.29, 0.717) is 31.7 Å². The molecule has 0 bridgehead atoms. The number of primary amides is 1. The lowest BCUT2D eigenvalue weighted by molar-refractivity contribution is -0.385. The lowest BCUT2D eigenvalue weighted by atomic mass is 9.96. The lowest BCUT2D eigenvalue weighted by Crippen LogP contribution is -2.43. The zero-order valence-electron chi connectivity index (χ0n) is 14.3. The zero-order valence-corrected chi connectivity index (χ0v) is 15.2. The van der Waals surface area contributed by atoms with E-state index in [9.17, 15) is 19.7 Å². The van der Waals surface area contributed by atoms with Crippen molar-refractivity contribution in [2.24, 2.45) is 17.4 Å². The molecular formula is C16H24ClN5O4. The molecule has 1 saturated heterocycles. The molecule has 10 heteroatoms. The Balaban J connectivity index is 0.00000338. The molecule has 1 aromatic carbocycles. The van der Waals surface area contributed by atoms with Crippen LogP contribution in [-0.2, 0) is 11.3 Å². The van der Waals surface area contributed by atoms with Crippen LogP contribution >= 0.6 is 12.4 Å². The number of hydrogen-bond donors (Lipinski definition) is 3. The molecule has 1 heterocycles. The van der Waals surface area contributed by atoms with Crippen LogP contribution in [0.25, 0.3) is 0 Å². The second kappa shape index (κ2) is 10.0. The molecule has 5 N–H and O–H groups in total. The zero-order chi connectivity index (χ0) is 18.4. The molecule has 9 nitrogen and oxygen atoms in total. The summed E-state index contributed by atoms with van der Waals surface area (Å²) in [5.74, 6) is -0.887. The maximum atomic E-state index is 12.1. The molecule has 1 fully saturated rings. The maximum absolute atomic E-state index is 12.1. The topological polar surface area (TPSA) is 145 Å². The second-order valence-corrected chi connectivity index (χ2v) is 6.12. The molecule has 2 amide bonds. The fraction of sp³-hybridized carbons (Fsp3) is 0.500. The van der Waals surface area contributed by atoms with Crippen LogP contribution in [-0.4, -0.2) is 47.8 Å². The first-order chi connectivity index (χ1) is 11.9. The molecule has 0 saturated carbocycles. The number of piperidine rings is 1.